The van der Waals surface area contributed by atoms with Gasteiger partial charge in [0.15, 0.2) is 0 Å². The van der Waals surface area contributed by atoms with Crippen LogP contribution < -0.4 is 16.0 Å². The topological polar surface area (TPSA) is 58.4 Å². The van der Waals surface area contributed by atoms with Crippen LogP contribution in [0.3, 0.4) is 0 Å². The number of nitrogens with zero attached hydrogens (tertiary/aromatic N) is 1. The van der Waals surface area contributed by atoms with Crippen molar-refractivity contribution < 1.29 is 4.79 Å². The first kappa shape index (κ1) is 15.7. The summed E-state index contributed by atoms with van der Waals surface area (Å²) in [6, 6.07) is 5.50. The standard InChI is InChI=1S/C17H27N3O/c1-4-17(9-5-6-10-17)12-19-16(21)13-7-8-15(20(2)3)14(18)11-13/h7-8,11H,4-6,9-10,12,18H2,1-3H3,(H,19,21). The van der Waals surface area contributed by atoms with Crippen LogP contribution >= 0.6 is 0 Å². The van der Waals surface area contributed by atoms with Gasteiger partial charge in [0.05, 0.1) is 11.4 Å². The van der Waals surface area contributed by atoms with Gasteiger partial charge < -0.3 is 16.0 Å². The van der Waals surface area contributed by atoms with Gasteiger partial charge in [0.1, 0.15) is 0 Å². The lowest BCUT2D eigenvalue weighted by molar-refractivity contribution is 0.0929. The van der Waals surface area contributed by atoms with E-state index in [4.69, 9.17) is 5.73 Å². The highest BCUT2D eigenvalue weighted by Gasteiger charge is 2.32. The molecule has 4 nitrogen and oxygen atoms in total. The number of carbonyl (C=O) groups excluding carboxylic acids is 1. The van der Waals surface area contributed by atoms with Gasteiger partial charge in [0.2, 0.25) is 0 Å². The van der Waals surface area contributed by atoms with Crippen molar-refractivity contribution in [2.45, 2.75) is 39.0 Å². The van der Waals surface area contributed by atoms with Crippen LogP contribution in [-0.4, -0.2) is 26.5 Å². The van der Waals surface area contributed by atoms with E-state index in [1.165, 1.54) is 25.7 Å². The lowest BCUT2D eigenvalue weighted by Crippen LogP contribution is -2.35. The van der Waals surface area contributed by atoms with Crippen LogP contribution in [-0.2, 0) is 0 Å². The molecule has 0 bridgehead atoms. The highest BCUT2D eigenvalue weighted by molar-refractivity contribution is 5.96. The van der Waals surface area contributed by atoms with E-state index in [0.717, 1.165) is 18.7 Å². The van der Waals surface area contributed by atoms with Gasteiger partial charge >= 0.3 is 0 Å². The van der Waals surface area contributed by atoms with E-state index in [1.807, 2.05) is 31.1 Å². The number of hydrogen-bond acceptors (Lipinski definition) is 3. The van der Waals surface area contributed by atoms with Crippen LogP contribution in [0.4, 0.5) is 11.4 Å². The molecule has 0 aromatic heterocycles. The van der Waals surface area contributed by atoms with Crippen molar-refractivity contribution >= 4 is 17.3 Å². The average Bonchev–Trinajstić information content (AvgIpc) is 2.93. The molecule has 0 aliphatic heterocycles. The Balaban J connectivity index is 2.02. The molecule has 1 aliphatic rings. The zero-order chi connectivity index (χ0) is 15.5. The summed E-state index contributed by atoms with van der Waals surface area (Å²) in [4.78, 5) is 14.3. The van der Waals surface area contributed by atoms with Crippen LogP contribution in [0.15, 0.2) is 18.2 Å². The summed E-state index contributed by atoms with van der Waals surface area (Å²) >= 11 is 0. The summed E-state index contributed by atoms with van der Waals surface area (Å²) < 4.78 is 0. The Hall–Kier alpha value is -1.71. The van der Waals surface area contributed by atoms with Gasteiger partial charge in [0, 0.05) is 26.2 Å². The minimum atomic E-state index is -0.0215. The quantitative estimate of drug-likeness (QED) is 0.819. The van der Waals surface area contributed by atoms with Crippen LogP contribution in [0.1, 0.15) is 49.4 Å². The summed E-state index contributed by atoms with van der Waals surface area (Å²) in [5, 5.41) is 3.10. The SMILES string of the molecule is CCC1(CNC(=O)c2ccc(N(C)C)c(N)c2)CCCC1. The Morgan fingerprint density at radius 2 is 2.00 bits per heavy atom. The van der Waals surface area contributed by atoms with Crippen LogP contribution in [0.5, 0.6) is 0 Å². The van der Waals surface area contributed by atoms with Gasteiger partial charge in [-0.05, 0) is 42.9 Å². The highest BCUT2D eigenvalue weighted by Crippen LogP contribution is 2.40. The Morgan fingerprint density at radius 3 is 2.52 bits per heavy atom. The van der Waals surface area contributed by atoms with Gasteiger partial charge in [-0.15, -0.1) is 0 Å². The highest BCUT2D eigenvalue weighted by atomic mass is 16.1. The maximum absolute atomic E-state index is 12.3. The van der Waals surface area contributed by atoms with E-state index in [1.54, 1.807) is 6.07 Å². The lowest BCUT2D eigenvalue weighted by atomic mass is 9.83. The maximum atomic E-state index is 12.3. The van der Waals surface area contributed by atoms with Crippen molar-refractivity contribution in [3.05, 3.63) is 23.8 Å². The third-order valence-electron chi connectivity index (χ3n) is 4.81. The molecule has 0 unspecified atom stereocenters. The van der Waals surface area contributed by atoms with Gasteiger partial charge in [-0.25, -0.2) is 0 Å². The third kappa shape index (κ3) is 3.49. The van der Waals surface area contributed by atoms with Crippen LogP contribution in [0.25, 0.3) is 0 Å². The summed E-state index contributed by atoms with van der Waals surface area (Å²) in [6.45, 7) is 3.00. The van der Waals surface area contributed by atoms with E-state index < -0.39 is 0 Å². The number of anilines is 2. The fourth-order valence-electron chi connectivity index (χ4n) is 3.25. The molecule has 2 rings (SSSR count). The molecule has 0 heterocycles. The Kier molecular flexibility index (Phi) is 4.76. The molecule has 0 spiro atoms. The van der Waals surface area contributed by atoms with E-state index >= 15 is 0 Å². The number of rotatable bonds is 5. The first-order chi connectivity index (χ1) is 9.97. The molecule has 1 aromatic rings. The number of nitrogens with one attached hydrogen (secondary N) is 1. The summed E-state index contributed by atoms with van der Waals surface area (Å²) in [5.41, 5.74) is 8.54. The first-order valence-corrected chi connectivity index (χ1v) is 7.82. The van der Waals surface area contributed by atoms with Gasteiger partial charge in [-0.1, -0.05) is 19.8 Å². The monoisotopic (exact) mass is 289 g/mol. The van der Waals surface area contributed by atoms with Crippen molar-refractivity contribution in [2.75, 3.05) is 31.3 Å². The predicted molar refractivity (Wildman–Crippen MR) is 88.7 cm³/mol. The summed E-state index contributed by atoms with van der Waals surface area (Å²) in [6.07, 6.45) is 6.16. The van der Waals surface area contributed by atoms with Crippen LogP contribution in [0, 0.1) is 5.41 Å². The van der Waals surface area contributed by atoms with Crippen molar-refractivity contribution in [1.82, 2.24) is 5.32 Å². The van der Waals surface area contributed by atoms with Crippen molar-refractivity contribution in [1.29, 1.82) is 0 Å². The second-order valence-electron chi connectivity index (χ2n) is 6.41. The fourth-order valence-corrected chi connectivity index (χ4v) is 3.25. The minimum Gasteiger partial charge on any atom is -0.397 e. The second kappa shape index (κ2) is 6.37. The summed E-state index contributed by atoms with van der Waals surface area (Å²) in [7, 11) is 3.88. The number of benzene rings is 1. The molecule has 1 aromatic carbocycles. The molecule has 1 fully saturated rings. The number of amides is 1. The molecule has 0 radical (unpaired) electrons. The molecular formula is C17H27N3O. The van der Waals surface area contributed by atoms with Gasteiger partial charge in [-0.3, -0.25) is 4.79 Å². The predicted octanol–water partition coefficient (Wildman–Crippen LogP) is 3.04. The Morgan fingerprint density at radius 1 is 1.33 bits per heavy atom. The summed E-state index contributed by atoms with van der Waals surface area (Å²) in [5.74, 6) is -0.0215. The maximum Gasteiger partial charge on any atom is 0.251 e. The fraction of sp³-hybridized carbons (Fsp3) is 0.588. The zero-order valence-corrected chi connectivity index (χ0v) is 13.4. The smallest absolute Gasteiger partial charge is 0.251 e. The molecule has 1 saturated carbocycles. The van der Waals surface area contributed by atoms with E-state index in [-0.39, 0.29) is 5.91 Å². The second-order valence-corrected chi connectivity index (χ2v) is 6.41. The molecule has 21 heavy (non-hydrogen) atoms. The molecule has 3 N–H and O–H groups in total. The zero-order valence-electron chi connectivity index (χ0n) is 13.4. The molecule has 1 aliphatic carbocycles. The van der Waals surface area contributed by atoms with Crippen molar-refractivity contribution in [2.24, 2.45) is 5.41 Å². The molecule has 1 amide bonds. The Bertz CT molecular complexity index is 505. The number of hydrogen-bond donors (Lipinski definition) is 2. The largest absolute Gasteiger partial charge is 0.397 e. The minimum absolute atomic E-state index is 0.0215. The van der Waals surface area contributed by atoms with E-state index in [9.17, 15) is 4.79 Å². The normalized spacial score (nSPS) is 16.7. The number of nitrogen functional groups attached to an aromatic ring is 1. The molecular weight excluding hydrogens is 262 g/mol. The van der Waals surface area contributed by atoms with E-state index in [0.29, 0.717) is 16.7 Å². The van der Waals surface area contributed by atoms with Gasteiger partial charge in [0.25, 0.3) is 5.91 Å². The van der Waals surface area contributed by atoms with Crippen molar-refractivity contribution in [3.8, 4) is 0 Å². The average molecular weight is 289 g/mol. The molecule has 0 saturated heterocycles. The third-order valence-corrected chi connectivity index (χ3v) is 4.81. The van der Waals surface area contributed by atoms with Crippen molar-refractivity contribution in [3.63, 3.8) is 0 Å². The Labute approximate surface area is 127 Å². The van der Waals surface area contributed by atoms with Crippen LogP contribution in [0.2, 0.25) is 0 Å². The lowest BCUT2D eigenvalue weighted by Gasteiger charge is -2.27. The molecule has 0 atom stereocenters. The number of carbonyl (C=O) groups is 1. The first-order valence-electron chi connectivity index (χ1n) is 7.82. The molecule has 116 valence electrons. The van der Waals surface area contributed by atoms with E-state index in [2.05, 4.69) is 12.2 Å². The van der Waals surface area contributed by atoms with Gasteiger partial charge in [-0.2, -0.15) is 0 Å². The number of nitrogens with two attached hydrogens (primary N) is 1. The molecule has 4 heteroatoms.